The van der Waals surface area contributed by atoms with E-state index in [2.05, 4.69) is 0 Å². The van der Waals surface area contributed by atoms with Crippen molar-refractivity contribution in [3.05, 3.63) is 42.0 Å². The molecule has 3 nitrogen and oxygen atoms in total. The zero-order chi connectivity index (χ0) is 10.1. The van der Waals surface area contributed by atoms with Crippen LogP contribution >= 0.6 is 0 Å². The Bertz CT molecular complexity index is 503. The number of carbonyl (C=O) groups is 1. The van der Waals surface area contributed by atoms with Gasteiger partial charge in [-0.15, -0.1) is 0 Å². The van der Waals surface area contributed by atoms with Gasteiger partial charge in [-0.05, 0) is 35.0 Å². The third-order valence-electron chi connectivity index (χ3n) is 2.06. The molecular weight excluding hydrogens is 180 g/mol. The summed E-state index contributed by atoms with van der Waals surface area (Å²) in [5.74, 6) is -1.03. The first-order valence-corrected chi connectivity index (χ1v) is 4.11. The highest BCUT2D eigenvalue weighted by atomic mass is 16.4. The second-order valence-electron chi connectivity index (χ2n) is 3.03. The van der Waals surface area contributed by atoms with Gasteiger partial charge < -0.3 is 5.11 Å². The highest BCUT2D eigenvalue weighted by Crippen LogP contribution is 2.21. The highest BCUT2D eigenvalue weighted by molar-refractivity contribution is 5.94. The second-order valence-corrected chi connectivity index (χ2v) is 3.03. The van der Waals surface area contributed by atoms with E-state index in [-0.39, 0.29) is 11.3 Å². The quantitative estimate of drug-likeness (QED) is 0.746. The molecule has 0 aromatic heterocycles. The maximum atomic E-state index is 11.0. The van der Waals surface area contributed by atoms with Gasteiger partial charge in [0.1, 0.15) is 0 Å². The molecule has 0 aliphatic carbocycles. The fraction of sp³-hybridized carbons (Fsp3) is 0. The van der Waals surface area contributed by atoms with Crippen LogP contribution in [0.3, 0.4) is 0 Å². The first kappa shape index (κ1) is 8.56. The van der Waals surface area contributed by atoms with Crippen molar-refractivity contribution >= 4 is 16.7 Å². The van der Waals surface area contributed by atoms with E-state index in [1.54, 1.807) is 18.2 Å². The van der Waals surface area contributed by atoms with E-state index in [4.69, 9.17) is 5.11 Å². The summed E-state index contributed by atoms with van der Waals surface area (Å²) in [7, 11) is 0. The molecule has 0 aliphatic rings. The Balaban J connectivity index is 2.67. The summed E-state index contributed by atoms with van der Waals surface area (Å²) in [6, 6.07) is 9.22. The van der Waals surface area contributed by atoms with Crippen LogP contribution in [0.2, 0.25) is 0 Å². The summed E-state index contributed by atoms with van der Waals surface area (Å²) in [5.41, 5.74) is 0.233. The van der Waals surface area contributed by atoms with Crippen molar-refractivity contribution in [3.63, 3.8) is 0 Å². The van der Waals surface area contributed by atoms with Crippen molar-refractivity contribution in [2.24, 2.45) is 0 Å². The first-order valence-electron chi connectivity index (χ1n) is 4.11. The van der Waals surface area contributed by atoms with Crippen LogP contribution in [-0.2, 0) is 5.11 Å². The van der Waals surface area contributed by atoms with Gasteiger partial charge in [0.05, 0.1) is 5.56 Å². The molecule has 1 radical (unpaired) electrons. The molecule has 14 heavy (non-hydrogen) atoms. The third-order valence-corrected chi connectivity index (χ3v) is 2.06. The van der Waals surface area contributed by atoms with Gasteiger partial charge >= 0.3 is 5.97 Å². The number of benzene rings is 2. The second kappa shape index (κ2) is 3.03. The lowest BCUT2D eigenvalue weighted by atomic mass is 10.1. The summed E-state index contributed by atoms with van der Waals surface area (Å²) < 4.78 is 0. The maximum absolute atomic E-state index is 11.0. The van der Waals surface area contributed by atoms with Gasteiger partial charge in [-0.3, -0.25) is 5.11 Å². The molecule has 0 amide bonds. The van der Waals surface area contributed by atoms with Crippen molar-refractivity contribution in [1.29, 1.82) is 0 Å². The molecule has 0 heterocycles. The van der Waals surface area contributed by atoms with Crippen LogP contribution in [0, 0.1) is 0 Å². The van der Waals surface area contributed by atoms with E-state index < -0.39 is 5.97 Å². The zero-order valence-corrected chi connectivity index (χ0v) is 7.23. The molecule has 0 aliphatic heterocycles. The van der Waals surface area contributed by atoms with Crippen LogP contribution < -0.4 is 0 Å². The van der Waals surface area contributed by atoms with Crippen LogP contribution in [0.5, 0.6) is 5.75 Å². The fourth-order valence-corrected chi connectivity index (χ4v) is 1.36. The van der Waals surface area contributed by atoms with E-state index in [0.717, 1.165) is 10.8 Å². The van der Waals surface area contributed by atoms with Gasteiger partial charge in [0, 0.05) is 0 Å². The molecule has 2 aromatic rings. The topological polar surface area (TPSA) is 57.2 Å². The lowest BCUT2D eigenvalue weighted by Crippen LogP contribution is -1.94. The lowest BCUT2D eigenvalue weighted by Gasteiger charge is -1.99. The molecule has 0 spiro atoms. The smallest absolute Gasteiger partial charge is 0.335 e. The number of carboxylic acids is 1. The van der Waals surface area contributed by atoms with E-state index in [1.807, 2.05) is 0 Å². The van der Waals surface area contributed by atoms with Gasteiger partial charge in [-0.1, -0.05) is 12.1 Å². The summed E-state index contributed by atoms with van der Waals surface area (Å²) >= 11 is 0. The number of hydrogen-bond donors (Lipinski definition) is 1. The third kappa shape index (κ3) is 1.40. The molecule has 0 unspecified atom stereocenters. The average Bonchev–Trinajstić information content (AvgIpc) is 2.16. The van der Waals surface area contributed by atoms with Gasteiger partial charge in [0.25, 0.3) is 0 Å². The number of carboxylic acid groups (broad SMARTS) is 1. The highest BCUT2D eigenvalue weighted by Gasteiger charge is 2.03. The predicted molar refractivity (Wildman–Crippen MR) is 51.0 cm³/mol. The molecule has 0 bridgehead atoms. The van der Waals surface area contributed by atoms with Gasteiger partial charge in [0.15, 0.2) is 5.75 Å². The fourth-order valence-electron chi connectivity index (χ4n) is 1.36. The average molecular weight is 187 g/mol. The molecule has 2 rings (SSSR count). The Morgan fingerprint density at radius 1 is 1.00 bits per heavy atom. The van der Waals surface area contributed by atoms with Crippen LogP contribution in [0.25, 0.3) is 10.8 Å². The van der Waals surface area contributed by atoms with Crippen LogP contribution in [0.15, 0.2) is 36.4 Å². The predicted octanol–water partition coefficient (Wildman–Crippen LogP) is 2.68. The summed E-state index contributed by atoms with van der Waals surface area (Å²) in [6.07, 6.45) is 0. The zero-order valence-electron chi connectivity index (χ0n) is 7.23. The van der Waals surface area contributed by atoms with Crippen molar-refractivity contribution in [2.75, 3.05) is 0 Å². The molecule has 0 saturated heterocycles. The SMILES string of the molecule is [O]c1ccc2cc(C(=O)O)ccc2c1. The molecule has 0 fully saturated rings. The molecule has 2 aromatic carbocycles. The largest absolute Gasteiger partial charge is 0.478 e. The number of rotatable bonds is 1. The molecule has 0 saturated carbocycles. The molecule has 1 N–H and O–H groups in total. The van der Waals surface area contributed by atoms with Crippen molar-refractivity contribution in [3.8, 4) is 5.75 Å². The van der Waals surface area contributed by atoms with E-state index in [9.17, 15) is 9.90 Å². The Hall–Kier alpha value is -2.03. The van der Waals surface area contributed by atoms with Crippen molar-refractivity contribution in [1.82, 2.24) is 0 Å². The summed E-state index contributed by atoms with van der Waals surface area (Å²) in [4.78, 5) is 10.6. The van der Waals surface area contributed by atoms with Gasteiger partial charge in [-0.25, -0.2) is 4.79 Å². The van der Waals surface area contributed by atoms with Gasteiger partial charge in [-0.2, -0.15) is 0 Å². The first-order chi connectivity index (χ1) is 6.66. The summed E-state index contributed by atoms with van der Waals surface area (Å²) in [6.45, 7) is 0. The molecule has 3 heteroatoms. The van der Waals surface area contributed by atoms with Crippen LogP contribution in [0.4, 0.5) is 0 Å². The van der Waals surface area contributed by atoms with Crippen molar-refractivity contribution < 1.29 is 15.0 Å². The minimum Gasteiger partial charge on any atom is -0.478 e. The minimum atomic E-state index is -0.960. The Labute approximate surface area is 80.2 Å². The minimum absolute atomic E-state index is 0.0689. The Morgan fingerprint density at radius 2 is 1.64 bits per heavy atom. The number of hydrogen-bond acceptors (Lipinski definition) is 1. The lowest BCUT2D eigenvalue weighted by molar-refractivity contribution is 0.0697. The number of fused-ring (bicyclic) bond motifs is 1. The van der Waals surface area contributed by atoms with E-state index in [0.29, 0.717) is 0 Å². The summed E-state index contributed by atoms with van der Waals surface area (Å²) in [5, 5.41) is 21.3. The van der Waals surface area contributed by atoms with Crippen LogP contribution in [0.1, 0.15) is 10.4 Å². The van der Waals surface area contributed by atoms with Crippen LogP contribution in [-0.4, -0.2) is 11.1 Å². The van der Waals surface area contributed by atoms with E-state index >= 15 is 0 Å². The monoisotopic (exact) mass is 187 g/mol. The van der Waals surface area contributed by atoms with E-state index in [1.165, 1.54) is 18.2 Å². The molecular formula is C11H7O3. The number of aromatic carboxylic acids is 1. The Kier molecular flexibility index (Phi) is 1.85. The van der Waals surface area contributed by atoms with Gasteiger partial charge in [0.2, 0.25) is 0 Å². The normalized spacial score (nSPS) is 10.3. The van der Waals surface area contributed by atoms with Crippen molar-refractivity contribution in [2.45, 2.75) is 0 Å². The standard InChI is InChI=1S/C11H7O3/c12-10-4-3-7-5-9(11(13)14)2-1-8(7)6-10/h1-6H,(H,13,14). The maximum Gasteiger partial charge on any atom is 0.335 e. The molecule has 0 atom stereocenters. The molecule has 69 valence electrons. The Morgan fingerprint density at radius 3 is 2.36 bits per heavy atom.